The Kier molecular flexibility index (Phi) is 5.02. The molecule has 5 nitrogen and oxygen atoms in total. The van der Waals surface area contributed by atoms with Gasteiger partial charge in [-0.1, -0.05) is 13.0 Å². The van der Waals surface area contributed by atoms with E-state index in [1.807, 2.05) is 10.9 Å². The molecule has 8 heteroatoms. The van der Waals surface area contributed by atoms with Crippen LogP contribution in [0.15, 0.2) is 42.6 Å². The van der Waals surface area contributed by atoms with Gasteiger partial charge in [0.15, 0.2) is 0 Å². The molecule has 1 aliphatic rings. The van der Waals surface area contributed by atoms with E-state index < -0.39 is 17.8 Å². The second-order valence-electron chi connectivity index (χ2n) is 7.66. The number of nitrogens with one attached hydrogen (secondary N) is 1. The van der Waals surface area contributed by atoms with Gasteiger partial charge >= 0.3 is 6.18 Å². The molecule has 0 radical (unpaired) electrons. The van der Waals surface area contributed by atoms with Crippen LogP contribution in [0, 0.1) is 5.92 Å². The first-order chi connectivity index (χ1) is 13.8. The number of hydrogen-bond donors (Lipinski definition) is 1. The number of rotatable bonds is 3. The van der Waals surface area contributed by atoms with Gasteiger partial charge in [0.05, 0.1) is 11.6 Å². The van der Waals surface area contributed by atoms with Gasteiger partial charge in [-0.3, -0.25) is 9.48 Å². The molecule has 1 fully saturated rings. The molecule has 1 aliphatic carbocycles. The van der Waals surface area contributed by atoms with Gasteiger partial charge in [-0.2, -0.15) is 18.3 Å². The highest BCUT2D eigenvalue weighted by Crippen LogP contribution is 2.32. The molecule has 0 aliphatic heterocycles. The maximum atomic E-state index is 12.8. The number of nitrogens with zero attached hydrogens (tertiary/aromatic N) is 3. The molecule has 2 aromatic heterocycles. The van der Waals surface area contributed by atoms with Crippen LogP contribution in [0.25, 0.3) is 10.9 Å². The number of anilines is 1. The summed E-state index contributed by atoms with van der Waals surface area (Å²) >= 11 is 0. The van der Waals surface area contributed by atoms with Crippen LogP contribution in [0.4, 0.5) is 18.9 Å². The summed E-state index contributed by atoms with van der Waals surface area (Å²) in [6.45, 7) is 2.27. The molecule has 4 rings (SSSR count). The van der Waals surface area contributed by atoms with Crippen molar-refractivity contribution in [2.75, 3.05) is 5.32 Å². The summed E-state index contributed by atoms with van der Waals surface area (Å²) in [5.74, 6) is 0.0617. The van der Waals surface area contributed by atoms with Gasteiger partial charge in [0, 0.05) is 17.3 Å². The average Bonchev–Trinajstić information content (AvgIpc) is 3.11. The highest BCUT2D eigenvalue weighted by atomic mass is 19.4. The number of pyridine rings is 1. The van der Waals surface area contributed by atoms with E-state index in [-0.39, 0.29) is 5.69 Å². The fraction of sp³-hybridized carbons (Fsp3) is 0.381. The molecule has 1 N–H and O–H groups in total. The van der Waals surface area contributed by atoms with Crippen LogP contribution in [0.1, 0.15) is 54.8 Å². The van der Waals surface area contributed by atoms with Gasteiger partial charge in [0.2, 0.25) is 0 Å². The molecule has 0 spiro atoms. The minimum atomic E-state index is -4.60. The average molecular weight is 402 g/mol. The van der Waals surface area contributed by atoms with E-state index in [0.29, 0.717) is 11.7 Å². The number of amides is 1. The summed E-state index contributed by atoms with van der Waals surface area (Å²) in [4.78, 5) is 15.8. The zero-order valence-electron chi connectivity index (χ0n) is 15.9. The minimum Gasteiger partial charge on any atom is -0.321 e. The quantitative estimate of drug-likeness (QED) is 0.633. The van der Waals surface area contributed by atoms with Crippen molar-refractivity contribution in [1.29, 1.82) is 0 Å². The van der Waals surface area contributed by atoms with Gasteiger partial charge < -0.3 is 5.32 Å². The van der Waals surface area contributed by atoms with Gasteiger partial charge in [0.25, 0.3) is 5.91 Å². The van der Waals surface area contributed by atoms with E-state index in [2.05, 4.69) is 22.3 Å². The Bertz CT molecular complexity index is 1040. The standard InChI is InChI=1S/C21H21F3N4O/c1-13-5-8-16(9-6-13)28-12-14-11-15(7-10-17(14)27-28)25-20(29)18-3-2-4-19(26-18)21(22,23)24/h2-4,7,10-13,16H,5-6,8-9H2,1H3,(H,25,29). The van der Waals surface area contributed by atoms with Gasteiger partial charge in [-0.05, 0) is 61.9 Å². The van der Waals surface area contributed by atoms with Crippen LogP contribution in [0.3, 0.4) is 0 Å². The molecular weight excluding hydrogens is 381 g/mol. The van der Waals surface area contributed by atoms with Gasteiger partial charge in [-0.15, -0.1) is 0 Å². The van der Waals surface area contributed by atoms with E-state index in [0.717, 1.165) is 35.7 Å². The maximum Gasteiger partial charge on any atom is 0.433 e. The Morgan fingerprint density at radius 1 is 1.14 bits per heavy atom. The SMILES string of the molecule is CC1CCC(n2cc3cc(NC(=O)c4cccc(C(F)(F)F)n4)ccc3n2)CC1. The number of aromatic nitrogens is 3. The van der Waals surface area contributed by atoms with E-state index in [9.17, 15) is 18.0 Å². The van der Waals surface area contributed by atoms with E-state index in [1.165, 1.54) is 25.0 Å². The molecule has 1 saturated carbocycles. The third-order valence-corrected chi connectivity index (χ3v) is 5.41. The first-order valence-electron chi connectivity index (χ1n) is 9.64. The lowest BCUT2D eigenvalue weighted by Gasteiger charge is -2.26. The van der Waals surface area contributed by atoms with Crippen molar-refractivity contribution < 1.29 is 18.0 Å². The number of fused-ring (bicyclic) bond motifs is 1. The van der Waals surface area contributed by atoms with Crippen LogP contribution in [0.5, 0.6) is 0 Å². The zero-order valence-corrected chi connectivity index (χ0v) is 15.9. The number of benzene rings is 1. The molecule has 3 aromatic rings. The first-order valence-corrected chi connectivity index (χ1v) is 9.64. The van der Waals surface area contributed by atoms with Crippen molar-refractivity contribution in [3.8, 4) is 0 Å². The van der Waals surface area contributed by atoms with E-state index in [1.54, 1.807) is 18.2 Å². The molecule has 0 saturated heterocycles. The molecule has 0 atom stereocenters. The predicted molar refractivity (Wildman–Crippen MR) is 104 cm³/mol. The lowest BCUT2D eigenvalue weighted by Crippen LogP contribution is -2.17. The number of alkyl halides is 3. The minimum absolute atomic E-state index is 0.285. The maximum absolute atomic E-state index is 12.8. The number of carbonyl (C=O) groups is 1. The van der Waals surface area contributed by atoms with E-state index >= 15 is 0 Å². The van der Waals surface area contributed by atoms with Crippen LogP contribution in [-0.4, -0.2) is 20.7 Å². The summed E-state index contributed by atoms with van der Waals surface area (Å²) in [5.41, 5.74) is -0.0760. The monoisotopic (exact) mass is 402 g/mol. The van der Waals surface area contributed by atoms with Crippen LogP contribution >= 0.6 is 0 Å². The van der Waals surface area contributed by atoms with Crippen LogP contribution in [-0.2, 0) is 6.18 Å². The van der Waals surface area contributed by atoms with E-state index in [4.69, 9.17) is 0 Å². The van der Waals surface area contributed by atoms with Crippen molar-refractivity contribution in [3.63, 3.8) is 0 Å². The summed E-state index contributed by atoms with van der Waals surface area (Å²) < 4.78 is 40.4. The summed E-state index contributed by atoms with van der Waals surface area (Å²) in [6, 6.07) is 8.90. The lowest BCUT2D eigenvalue weighted by atomic mass is 9.87. The number of halogens is 3. The first kappa shape index (κ1) is 19.4. The largest absolute Gasteiger partial charge is 0.433 e. The number of carbonyl (C=O) groups excluding carboxylic acids is 1. The van der Waals surface area contributed by atoms with Crippen molar-refractivity contribution in [2.45, 2.75) is 44.8 Å². The zero-order chi connectivity index (χ0) is 20.6. The molecule has 29 heavy (non-hydrogen) atoms. The number of hydrogen-bond acceptors (Lipinski definition) is 3. The molecule has 152 valence electrons. The normalized spacial score (nSPS) is 20.0. The fourth-order valence-corrected chi connectivity index (χ4v) is 3.73. The Hall–Kier alpha value is -2.90. The Balaban J connectivity index is 1.52. The topological polar surface area (TPSA) is 59.8 Å². The van der Waals surface area contributed by atoms with Crippen molar-refractivity contribution in [2.24, 2.45) is 5.92 Å². The van der Waals surface area contributed by atoms with Gasteiger partial charge in [0.1, 0.15) is 11.4 Å². The summed E-state index contributed by atoms with van der Waals surface area (Å²) in [7, 11) is 0. The van der Waals surface area contributed by atoms with Crippen LogP contribution in [0.2, 0.25) is 0 Å². The van der Waals surface area contributed by atoms with Crippen LogP contribution < -0.4 is 5.32 Å². The Morgan fingerprint density at radius 2 is 1.90 bits per heavy atom. The second kappa shape index (κ2) is 7.50. The summed E-state index contributed by atoms with van der Waals surface area (Å²) in [6.07, 6.45) is 1.94. The smallest absolute Gasteiger partial charge is 0.321 e. The lowest BCUT2D eigenvalue weighted by molar-refractivity contribution is -0.141. The fourth-order valence-electron chi connectivity index (χ4n) is 3.73. The molecule has 0 unspecified atom stereocenters. The van der Waals surface area contributed by atoms with Crippen molar-refractivity contribution >= 4 is 22.5 Å². The third kappa shape index (κ3) is 4.26. The van der Waals surface area contributed by atoms with Crippen molar-refractivity contribution in [3.05, 3.63) is 54.0 Å². The molecule has 0 bridgehead atoms. The highest BCUT2D eigenvalue weighted by molar-refractivity contribution is 6.03. The second-order valence-corrected chi connectivity index (χ2v) is 7.66. The highest BCUT2D eigenvalue weighted by Gasteiger charge is 2.33. The molecule has 1 amide bonds. The van der Waals surface area contributed by atoms with Crippen molar-refractivity contribution in [1.82, 2.24) is 14.8 Å². The molecule has 1 aromatic carbocycles. The summed E-state index contributed by atoms with van der Waals surface area (Å²) in [5, 5.41) is 8.14. The Morgan fingerprint density at radius 3 is 2.62 bits per heavy atom. The predicted octanol–water partition coefficient (Wildman–Crippen LogP) is 5.45. The third-order valence-electron chi connectivity index (χ3n) is 5.41. The Labute approximate surface area is 165 Å². The molecule has 2 heterocycles. The molecular formula is C21H21F3N4O. The van der Waals surface area contributed by atoms with Gasteiger partial charge in [-0.25, -0.2) is 4.98 Å².